The number of ether oxygens (including phenoxy) is 1. The predicted molar refractivity (Wildman–Crippen MR) is 94.8 cm³/mol. The van der Waals surface area contributed by atoms with E-state index in [1.807, 2.05) is 43.3 Å². The van der Waals surface area contributed by atoms with Gasteiger partial charge < -0.3 is 4.74 Å². The van der Waals surface area contributed by atoms with Gasteiger partial charge in [0.15, 0.2) is 5.16 Å². The van der Waals surface area contributed by atoms with E-state index in [-0.39, 0.29) is 17.3 Å². The van der Waals surface area contributed by atoms with E-state index in [4.69, 9.17) is 0 Å². The highest BCUT2D eigenvalue weighted by Crippen LogP contribution is 2.21. The Morgan fingerprint density at radius 2 is 2.00 bits per heavy atom. The normalized spacial score (nSPS) is 10.8. The maximum atomic E-state index is 13.0. The van der Waals surface area contributed by atoms with E-state index >= 15 is 0 Å². The summed E-state index contributed by atoms with van der Waals surface area (Å²) in [6.45, 7) is 1.96. The van der Waals surface area contributed by atoms with Crippen LogP contribution in [0, 0.1) is 6.92 Å². The highest BCUT2D eigenvalue weighted by molar-refractivity contribution is 7.99. The summed E-state index contributed by atoms with van der Waals surface area (Å²) < 4.78 is 6.22. The quantitative estimate of drug-likeness (QED) is 0.415. The highest BCUT2D eigenvalue weighted by Gasteiger charge is 2.14. The van der Waals surface area contributed by atoms with Crippen LogP contribution >= 0.6 is 11.8 Å². The lowest BCUT2D eigenvalue weighted by molar-refractivity contribution is -0.137. The first-order valence-electron chi connectivity index (χ1n) is 7.38. The minimum Gasteiger partial charge on any atom is -0.468 e. The molecule has 0 saturated carbocycles. The van der Waals surface area contributed by atoms with Gasteiger partial charge in [0.2, 0.25) is 0 Å². The van der Waals surface area contributed by atoms with Crippen molar-refractivity contribution in [2.75, 3.05) is 12.9 Å². The fourth-order valence-corrected chi connectivity index (χ4v) is 3.23. The van der Waals surface area contributed by atoms with Gasteiger partial charge in [0.05, 0.1) is 29.5 Å². The van der Waals surface area contributed by atoms with Crippen LogP contribution in [0.15, 0.2) is 58.5 Å². The maximum absolute atomic E-state index is 13.0. The van der Waals surface area contributed by atoms with Crippen LogP contribution in [0.3, 0.4) is 0 Å². The first-order chi connectivity index (χ1) is 11.6. The highest BCUT2D eigenvalue weighted by atomic mass is 32.2. The molecule has 0 spiro atoms. The van der Waals surface area contributed by atoms with Crippen molar-refractivity contribution in [3.8, 4) is 5.69 Å². The number of carbonyl (C=O) groups is 1. The fraction of sp³-hybridized carbons (Fsp3) is 0.167. The second-order valence-electron chi connectivity index (χ2n) is 5.26. The number of hydrogen-bond donors (Lipinski definition) is 0. The summed E-state index contributed by atoms with van der Waals surface area (Å²) >= 11 is 1.19. The van der Waals surface area contributed by atoms with Crippen molar-refractivity contribution in [1.29, 1.82) is 0 Å². The Morgan fingerprint density at radius 1 is 1.21 bits per heavy atom. The Labute approximate surface area is 143 Å². The van der Waals surface area contributed by atoms with Crippen LogP contribution in [0.25, 0.3) is 16.6 Å². The van der Waals surface area contributed by atoms with Crippen LogP contribution in [-0.4, -0.2) is 28.4 Å². The van der Waals surface area contributed by atoms with Crippen LogP contribution in [-0.2, 0) is 9.53 Å². The van der Waals surface area contributed by atoms with E-state index in [0.29, 0.717) is 16.1 Å². The number of aromatic nitrogens is 2. The second-order valence-corrected chi connectivity index (χ2v) is 6.20. The van der Waals surface area contributed by atoms with Gasteiger partial charge in [0.1, 0.15) is 0 Å². The third kappa shape index (κ3) is 3.19. The van der Waals surface area contributed by atoms with Gasteiger partial charge in [-0.25, -0.2) is 4.98 Å². The number of esters is 1. The monoisotopic (exact) mass is 340 g/mol. The molecule has 0 unspecified atom stereocenters. The number of carbonyl (C=O) groups excluding carboxylic acids is 1. The van der Waals surface area contributed by atoms with Crippen LogP contribution in [0.2, 0.25) is 0 Å². The van der Waals surface area contributed by atoms with E-state index in [2.05, 4.69) is 9.72 Å². The number of hydrogen-bond acceptors (Lipinski definition) is 5. The zero-order valence-electron chi connectivity index (χ0n) is 13.4. The minimum absolute atomic E-state index is 0.0904. The molecule has 5 nitrogen and oxygen atoms in total. The lowest BCUT2D eigenvalue weighted by atomic mass is 10.2. The molecule has 0 aliphatic heterocycles. The summed E-state index contributed by atoms with van der Waals surface area (Å²) in [7, 11) is 1.34. The number of nitrogens with zero attached hydrogens (tertiary/aromatic N) is 2. The van der Waals surface area contributed by atoms with Gasteiger partial charge in [0.25, 0.3) is 5.56 Å². The number of methoxy groups -OCH3 is 1. The SMILES string of the molecule is COC(=O)CSc1nc2ccccc2c(=O)n1-c1cccc(C)c1. The van der Waals surface area contributed by atoms with Gasteiger partial charge in [-0.05, 0) is 36.8 Å². The first-order valence-corrected chi connectivity index (χ1v) is 8.37. The van der Waals surface area contributed by atoms with Crippen molar-refractivity contribution in [2.24, 2.45) is 0 Å². The smallest absolute Gasteiger partial charge is 0.316 e. The Balaban J connectivity index is 2.21. The fourth-order valence-electron chi connectivity index (χ4n) is 2.39. The average molecular weight is 340 g/mol. The standard InChI is InChI=1S/C18H16N2O3S/c1-12-6-5-7-13(10-12)20-17(22)14-8-3-4-9-15(14)19-18(20)24-11-16(21)23-2/h3-10H,11H2,1-2H3. The number of fused-ring (bicyclic) bond motifs is 1. The third-order valence-corrected chi connectivity index (χ3v) is 4.46. The molecule has 0 atom stereocenters. The van der Waals surface area contributed by atoms with Crippen molar-refractivity contribution in [3.05, 3.63) is 64.4 Å². The number of benzene rings is 2. The topological polar surface area (TPSA) is 61.2 Å². The van der Waals surface area contributed by atoms with E-state index in [1.54, 1.807) is 16.7 Å². The average Bonchev–Trinajstić information content (AvgIpc) is 2.59. The molecule has 0 amide bonds. The Hall–Kier alpha value is -2.60. The number of aryl methyl sites for hydroxylation is 1. The van der Waals surface area contributed by atoms with Crippen molar-refractivity contribution < 1.29 is 9.53 Å². The molecule has 0 radical (unpaired) electrons. The Morgan fingerprint density at radius 3 is 2.75 bits per heavy atom. The van der Waals surface area contributed by atoms with Gasteiger partial charge in [-0.2, -0.15) is 0 Å². The van der Waals surface area contributed by atoms with Crippen molar-refractivity contribution in [1.82, 2.24) is 9.55 Å². The molecular formula is C18H16N2O3S. The number of rotatable bonds is 4. The summed E-state index contributed by atoms with van der Waals surface area (Å²) in [6.07, 6.45) is 0. The molecule has 0 N–H and O–H groups in total. The zero-order chi connectivity index (χ0) is 17.1. The van der Waals surface area contributed by atoms with Crippen molar-refractivity contribution in [3.63, 3.8) is 0 Å². The minimum atomic E-state index is -0.363. The van der Waals surface area contributed by atoms with Crippen molar-refractivity contribution >= 4 is 28.6 Å². The lowest BCUT2D eigenvalue weighted by Crippen LogP contribution is -2.22. The lowest BCUT2D eigenvalue weighted by Gasteiger charge is -2.13. The number of thioether (sulfide) groups is 1. The van der Waals surface area contributed by atoms with Gasteiger partial charge in [-0.3, -0.25) is 14.2 Å². The predicted octanol–water partition coefficient (Wildman–Crippen LogP) is 2.96. The number of para-hydroxylation sites is 1. The molecule has 0 bridgehead atoms. The molecule has 3 rings (SSSR count). The van der Waals surface area contributed by atoms with Crippen LogP contribution in [0.1, 0.15) is 5.56 Å². The second kappa shape index (κ2) is 6.88. The Kier molecular flexibility index (Phi) is 4.66. The molecule has 24 heavy (non-hydrogen) atoms. The summed E-state index contributed by atoms with van der Waals surface area (Å²) in [5.41, 5.74) is 2.22. The Bertz CT molecular complexity index is 966. The molecule has 1 heterocycles. The summed E-state index contributed by atoms with van der Waals surface area (Å²) in [6, 6.07) is 14.8. The first kappa shape index (κ1) is 16.3. The molecule has 0 aliphatic carbocycles. The van der Waals surface area contributed by atoms with Crippen LogP contribution in [0.4, 0.5) is 0 Å². The van der Waals surface area contributed by atoms with Crippen molar-refractivity contribution in [2.45, 2.75) is 12.1 Å². The molecule has 6 heteroatoms. The summed E-state index contributed by atoms with van der Waals surface area (Å²) in [4.78, 5) is 29.0. The zero-order valence-corrected chi connectivity index (χ0v) is 14.2. The van der Waals surface area contributed by atoms with Gasteiger partial charge in [-0.15, -0.1) is 0 Å². The van der Waals surface area contributed by atoms with Gasteiger partial charge in [-0.1, -0.05) is 36.0 Å². The third-order valence-electron chi connectivity index (χ3n) is 3.55. The van der Waals surface area contributed by atoms with E-state index < -0.39 is 0 Å². The molecule has 0 aliphatic rings. The van der Waals surface area contributed by atoms with Gasteiger partial charge >= 0.3 is 5.97 Å². The molecule has 1 aromatic heterocycles. The summed E-state index contributed by atoms with van der Waals surface area (Å²) in [5.74, 6) is -0.272. The molecule has 3 aromatic rings. The molecular weight excluding hydrogens is 324 g/mol. The van der Waals surface area contributed by atoms with E-state index in [1.165, 1.54) is 18.9 Å². The summed E-state index contributed by atoms with van der Waals surface area (Å²) in [5, 5.41) is 1.01. The van der Waals surface area contributed by atoms with E-state index in [9.17, 15) is 9.59 Å². The maximum Gasteiger partial charge on any atom is 0.316 e. The molecule has 122 valence electrons. The van der Waals surface area contributed by atoms with E-state index in [0.717, 1.165) is 11.3 Å². The largest absolute Gasteiger partial charge is 0.468 e. The van der Waals surface area contributed by atoms with Gasteiger partial charge in [0, 0.05) is 0 Å². The van der Waals surface area contributed by atoms with Crippen LogP contribution < -0.4 is 5.56 Å². The molecule has 0 fully saturated rings. The van der Waals surface area contributed by atoms with Crippen LogP contribution in [0.5, 0.6) is 0 Å². The molecule has 0 saturated heterocycles. The molecule has 2 aromatic carbocycles.